The minimum Gasteiger partial charge on any atom is -0.417 e. The molecule has 0 spiro atoms. The molecule has 1 N–H and O–H groups in total. The maximum atomic E-state index is 9.44. The number of hydrogen-bond donors (Lipinski definition) is 1. The highest BCUT2D eigenvalue weighted by Gasteiger charge is 2.60. The fourth-order valence-corrected chi connectivity index (χ4v) is 21.5. The van der Waals surface area contributed by atoms with Gasteiger partial charge in [0.2, 0.25) is 0 Å². The van der Waals surface area contributed by atoms with E-state index in [1.54, 1.807) is 0 Å². The van der Waals surface area contributed by atoms with E-state index in [9.17, 15) is 5.11 Å². The van der Waals surface area contributed by atoms with Crippen LogP contribution in [-0.4, -0.2) is 115 Å². The molecule has 5 aliphatic heterocycles. The van der Waals surface area contributed by atoms with Gasteiger partial charge in [-0.05, 0) is 153 Å². The Morgan fingerprint density at radius 3 is 1.82 bits per heavy atom. The van der Waals surface area contributed by atoms with Crippen LogP contribution in [0.25, 0.3) is 0 Å². The molecule has 0 unspecified atom stereocenters. The highest BCUT2D eigenvalue weighted by molar-refractivity contribution is 6.74. The van der Waals surface area contributed by atoms with Crippen molar-refractivity contribution in [1.82, 2.24) is 0 Å². The molecule has 0 saturated carbocycles. The second kappa shape index (κ2) is 24.5. The number of aliphatic hydroxyl groups is 1. The molecule has 0 amide bonds. The van der Waals surface area contributed by atoms with Crippen LogP contribution >= 0.6 is 0 Å². The van der Waals surface area contributed by atoms with Gasteiger partial charge >= 0.3 is 0 Å². The topological polar surface area (TPSA) is 94.1 Å². The Labute approximate surface area is 408 Å². The fraction of sp³-hybridized carbons (Fsp3) is 0.926. The predicted molar refractivity (Wildman–Crippen MR) is 279 cm³/mol. The molecule has 66 heavy (non-hydrogen) atoms. The molecule has 0 aliphatic carbocycles. The van der Waals surface area contributed by atoms with Crippen molar-refractivity contribution in [2.75, 3.05) is 13.2 Å². The van der Waals surface area contributed by atoms with Gasteiger partial charge in [0.15, 0.2) is 25.0 Å². The first kappa shape index (κ1) is 56.7. The largest absolute Gasteiger partial charge is 0.417 e. The van der Waals surface area contributed by atoms with Crippen LogP contribution in [0.4, 0.5) is 0 Å². The first-order valence-electron chi connectivity index (χ1n) is 27.7. The summed E-state index contributed by atoms with van der Waals surface area (Å²) < 4.78 is 59.3. The van der Waals surface area contributed by atoms with Gasteiger partial charge in [0.05, 0.1) is 72.2 Å². The first-order chi connectivity index (χ1) is 31.4. The number of ether oxygens (including phenoxy) is 5. The molecule has 0 aromatic carbocycles. The Morgan fingerprint density at radius 1 is 0.652 bits per heavy atom. The van der Waals surface area contributed by atoms with E-state index in [2.05, 4.69) is 110 Å². The molecule has 13 atom stereocenters. The molecule has 9 nitrogen and oxygen atoms in total. The number of fused-ring (bicyclic) bond motifs is 4. The molecule has 5 aliphatic rings. The molecule has 5 fully saturated rings. The summed E-state index contributed by atoms with van der Waals surface area (Å²) >= 11 is 0. The summed E-state index contributed by atoms with van der Waals surface area (Å²) in [5.41, 5.74) is 0.984. The molecule has 384 valence electrons. The Hall–Kier alpha value is -0.229. The molecule has 0 radical (unpaired) electrons. The molecule has 5 saturated heterocycles. The lowest BCUT2D eigenvalue weighted by atomic mass is 9.79. The van der Waals surface area contributed by atoms with Crippen molar-refractivity contribution in [2.24, 2.45) is 5.92 Å². The lowest BCUT2D eigenvalue weighted by Crippen LogP contribution is -2.60. The standard InChI is InChI=1S/C54H102O9Si3/c1-16-64(17-2,18-3)56-36-26-29-48-53(14,63-66(22-7,23-8)24-9)34-31-45-44(57-48)30-33-52(13)50(58-45)38-46-51(61-52)47(62-65(19-4,20-5)21-6)39-54(15)49(59-46)37-42(12)43(60-54)28-25-27-40(10)41(11)32-35-55/h27,32,42-51,55H,16-26,28-31,33-39H2,1-15H3/b40-27+,41-32+/t42-,43-,44-,45+,46+,47-,48+,49-,50-,51+,52+,53+,54+/m0/s1. The lowest BCUT2D eigenvalue weighted by Gasteiger charge is -2.50. The Bertz CT molecular complexity index is 1520. The third kappa shape index (κ3) is 12.9. The van der Waals surface area contributed by atoms with E-state index < -0.39 is 36.2 Å². The molecule has 12 heteroatoms. The maximum Gasteiger partial charge on any atom is 0.192 e. The van der Waals surface area contributed by atoms with Crippen LogP contribution in [0, 0.1) is 5.92 Å². The van der Waals surface area contributed by atoms with Crippen LogP contribution in [0.3, 0.4) is 0 Å². The Morgan fingerprint density at radius 2 is 1.21 bits per heavy atom. The van der Waals surface area contributed by atoms with Gasteiger partial charge in [0, 0.05) is 19.4 Å². The fourth-order valence-electron chi connectivity index (χ4n) is 12.8. The normalized spacial score (nSPS) is 37.2. The summed E-state index contributed by atoms with van der Waals surface area (Å²) in [6.45, 7) is 35.5. The van der Waals surface area contributed by atoms with Crippen molar-refractivity contribution < 1.29 is 42.1 Å². The summed E-state index contributed by atoms with van der Waals surface area (Å²) in [6, 6.07) is 10.2. The van der Waals surface area contributed by atoms with Crippen LogP contribution in [0.15, 0.2) is 23.3 Å². The van der Waals surface area contributed by atoms with Crippen molar-refractivity contribution in [2.45, 2.75) is 301 Å². The van der Waals surface area contributed by atoms with Gasteiger partial charge in [0.25, 0.3) is 0 Å². The monoisotopic (exact) mass is 979 g/mol. The Balaban J connectivity index is 1.41. The molecule has 0 aromatic heterocycles. The van der Waals surface area contributed by atoms with Gasteiger partial charge in [-0.2, -0.15) is 0 Å². The zero-order chi connectivity index (χ0) is 48.6. The van der Waals surface area contributed by atoms with Crippen LogP contribution < -0.4 is 0 Å². The van der Waals surface area contributed by atoms with Crippen molar-refractivity contribution >= 4 is 25.0 Å². The van der Waals surface area contributed by atoms with Gasteiger partial charge in [0.1, 0.15) is 6.10 Å². The number of hydrogen-bond acceptors (Lipinski definition) is 9. The summed E-state index contributed by atoms with van der Waals surface area (Å²) in [5.74, 6) is 0.352. The summed E-state index contributed by atoms with van der Waals surface area (Å²) in [5, 5.41) is 9.44. The zero-order valence-electron chi connectivity index (χ0n) is 45.2. The van der Waals surface area contributed by atoms with E-state index in [4.69, 9.17) is 37.0 Å². The smallest absolute Gasteiger partial charge is 0.192 e. The van der Waals surface area contributed by atoms with Gasteiger partial charge in [-0.15, -0.1) is 0 Å². The van der Waals surface area contributed by atoms with Gasteiger partial charge < -0.3 is 42.1 Å². The van der Waals surface area contributed by atoms with E-state index >= 15 is 0 Å². The van der Waals surface area contributed by atoms with Crippen LogP contribution in [0.2, 0.25) is 54.4 Å². The minimum atomic E-state index is -2.05. The van der Waals surface area contributed by atoms with Gasteiger partial charge in [-0.25, -0.2) is 0 Å². The SMILES string of the molecule is CC[Si](CC)(CC)OCCC[C@H]1O[C@H]2CC[C@@]3(C)O[C@H]4[C@@H](O[Si](CC)(CC)CC)C[C@@]5(C)O[C@@H](CC/C=C(C)/C(C)=C/CO)[C@@H](C)C[C@@H]5O[C@@H]4C[C@@H]3O[C@@H]2CC[C@@]1(C)O[Si](CC)(CC)CC. The average Bonchev–Trinajstić information content (AvgIpc) is 3.59. The van der Waals surface area contributed by atoms with E-state index in [1.807, 2.05) is 6.08 Å². The lowest BCUT2D eigenvalue weighted by molar-refractivity contribution is -0.272. The quantitative estimate of drug-likeness (QED) is 0.0610. The van der Waals surface area contributed by atoms with Crippen LogP contribution in [0.1, 0.15) is 174 Å². The van der Waals surface area contributed by atoms with Crippen LogP contribution in [-0.2, 0) is 37.0 Å². The molecule has 0 aromatic rings. The molecular weight excluding hydrogens is 877 g/mol. The summed E-state index contributed by atoms with van der Waals surface area (Å²) in [6.07, 6.45) is 13.5. The van der Waals surface area contributed by atoms with Gasteiger partial charge in [-0.3, -0.25) is 0 Å². The molecule has 5 rings (SSSR count). The van der Waals surface area contributed by atoms with E-state index in [-0.39, 0.29) is 67.1 Å². The first-order valence-corrected chi connectivity index (χ1v) is 35.2. The van der Waals surface area contributed by atoms with E-state index in [0.29, 0.717) is 5.92 Å². The van der Waals surface area contributed by atoms with Crippen molar-refractivity contribution in [1.29, 1.82) is 0 Å². The molecule has 0 bridgehead atoms. The van der Waals surface area contributed by atoms with Crippen molar-refractivity contribution in [3.8, 4) is 0 Å². The summed E-state index contributed by atoms with van der Waals surface area (Å²) in [7, 11) is -5.68. The third-order valence-electron chi connectivity index (χ3n) is 18.7. The van der Waals surface area contributed by atoms with Crippen molar-refractivity contribution in [3.05, 3.63) is 23.3 Å². The highest BCUT2D eigenvalue weighted by atomic mass is 28.4. The van der Waals surface area contributed by atoms with Gasteiger partial charge in [-0.1, -0.05) is 92.5 Å². The summed E-state index contributed by atoms with van der Waals surface area (Å²) in [4.78, 5) is 0. The zero-order valence-corrected chi connectivity index (χ0v) is 48.2. The molecular formula is C54H102O9Si3. The minimum absolute atomic E-state index is 0.0181. The van der Waals surface area contributed by atoms with E-state index in [0.717, 1.165) is 119 Å². The Kier molecular flexibility index (Phi) is 21.0. The average molecular weight is 980 g/mol. The van der Waals surface area contributed by atoms with Crippen LogP contribution in [0.5, 0.6) is 0 Å². The maximum absolute atomic E-state index is 9.44. The number of aliphatic hydroxyl groups excluding tert-OH is 1. The number of rotatable bonds is 23. The number of allylic oxidation sites excluding steroid dienone is 3. The van der Waals surface area contributed by atoms with E-state index in [1.165, 1.54) is 23.7 Å². The third-order valence-corrected chi connectivity index (χ3v) is 32.9. The highest BCUT2D eigenvalue weighted by Crippen LogP contribution is 2.51. The van der Waals surface area contributed by atoms with Crippen molar-refractivity contribution in [3.63, 3.8) is 0 Å². The molecule has 5 heterocycles. The second-order valence-corrected chi connectivity index (χ2v) is 36.6. The second-order valence-electron chi connectivity index (χ2n) is 22.4. The predicted octanol–water partition coefficient (Wildman–Crippen LogP) is 13.6.